The summed E-state index contributed by atoms with van der Waals surface area (Å²) in [5, 5.41) is 0. The Hall–Kier alpha value is -0.590. The Bertz CT molecular complexity index is 1640. The molecule has 0 atom stereocenters. The molecule has 0 saturated heterocycles. The molecular formula is C65H132O17S3. The van der Waals surface area contributed by atoms with E-state index in [2.05, 4.69) is 34.6 Å². The first-order valence-electron chi connectivity index (χ1n) is 34.4. The van der Waals surface area contributed by atoms with Gasteiger partial charge in [-0.3, -0.25) is 13.7 Å². The van der Waals surface area contributed by atoms with Gasteiger partial charge < -0.3 is 33.2 Å². The lowest BCUT2D eigenvalue weighted by Gasteiger charge is -2.37. The molecule has 0 radical (unpaired) electrons. The third-order valence-corrected chi connectivity index (χ3v) is 18.2. The molecule has 85 heavy (non-hydrogen) atoms. The van der Waals surface area contributed by atoms with Gasteiger partial charge in [0.1, 0.15) is 0 Å². The Kier molecular flexibility index (Phi) is 55.8. The van der Waals surface area contributed by atoms with Crippen molar-refractivity contribution in [1.29, 1.82) is 0 Å². The zero-order valence-corrected chi connectivity index (χ0v) is 57.5. The number of hydrogen-bond acceptors (Lipinski definition) is 14. The minimum atomic E-state index is -5.05. The van der Waals surface area contributed by atoms with Crippen LogP contribution in [0.3, 0.4) is 0 Å². The first-order chi connectivity index (χ1) is 40.8. The highest BCUT2D eigenvalue weighted by Gasteiger charge is 2.42. The van der Waals surface area contributed by atoms with Crippen LogP contribution in [0.1, 0.15) is 291 Å². The SMILES string of the molecule is CCCCCCCCCCOCC(COCC(COCCCCCCCCCC)(COCCCCCCCCCC)CS(=O)(=O)O)(COCC(COCCCCCCCCCC)(COCCCCCCCCCC)CS(=O)(=O)O)COS(=O)(=O)O. The number of rotatable bonds is 70. The van der Waals surface area contributed by atoms with E-state index in [-0.39, 0.29) is 59.5 Å². The minimum absolute atomic E-state index is 0.128. The van der Waals surface area contributed by atoms with Crippen LogP contribution in [-0.2, 0) is 68.0 Å². The van der Waals surface area contributed by atoms with E-state index in [0.717, 1.165) is 135 Å². The molecule has 0 saturated carbocycles. The summed E-state index contributed by atoms with van der Waals surface area (Å²) in [7, 11) is -14.3. The molecule has 0 spiro atoms. The first kappa shape index (κ1) is 84.4. The molecule has 0 aromatic heterocycles. The largest absolute Gasteiger partial charge is 0.397 e. The smallest absolute Gasteiger partial charge is 0.381 e. The molecule has 0 aliphatic rings. The summed E-state index contributed by atoms with van der Waals surface area (Å²) < 4.78 is 157. The van der Waals surface area contributed by atoms with Gasteiger partial charge >= 0.3 is 10.4 Å². The lowest BCUT2D eigenvalue weighted by Crippen LogP contribution is -2.48. The van der Waals surface area contributed by atoms with Crippen molar-refractivity contribution in [3.05, 3.63) is 0 Å². The van der Waals surface area contributed by atoms with Crippen molar-refractivity contribution in [2.45, 2.75) is 291 Å². The van der Waals surface area contributed by atoms with Crippen molar-refractivity contribution in [1.82, 2.24) is 0 Å². The van der Waals surface area contributed by atoms with Gasteiger partial charge in [0.2, 0.25) is 0 Å². The second-order valence-corrected chi connectivity index (χ2v) is 29.3. The maximum Gasteiger partial charge on any atom is 0.397 e. The van der Waals surface area contributed by atoms with E-state index in [0.29, 0.717) is 39.5 Å². The van der Waals surface area contributed by atoms with Gasteiger partial charge in [-0.2, -0.15) is 25.3 Å². The molecule has 20 heteroatoms. The van der Waals surface area contributed by atoms with Crippen molar-refractivity contribution < 1.29 is 76.3 Å². The molecular weight excluding hydrogens is 1150 g/mol. The first-order valence-corrected chi connectivity index (χ1v) is 39.0. The van der Waals surface area contributed by atoms with Gasteiger partial charge in [-0.05, 0) is 32.1 Å². The Morgan fingerprint density at radius 1 is 0.235 bits per heavy atom. The monoisotopic (exact) mass is 1280 g/mol. The van der Waals surface area contributed by atoms with Crippen LogP contribution in [0.15, 0.2) is 0 Å². The highest BCUT2D eigenvalue weighted by molar-refractivity contribution is 7.86. The Morgan fingerprint density at radius 3 is 0.612 bits per heavy atom. The maximum atomic E-state index is 13.0. The summed E-state index contributed by atoms with van der Waals surface area (Å²) in [6, 6.07) is 0. The molecule has 17 nitrogen and oxygen atoms in total. The van der Waals surface area contributed by atoms with Crippen molar-refractivity contribution >= 4 is 30.6 Å². The average Bonchev–Trinajstić information content (AvgIpc) is 3.38. The molecule has 0 rings (SSSR count). The van der Waals surface area contributed by atoms with E-state index in [4.69, 9.17) is 37.3 Å². The number of hydrogen-bond donors (Lipinski definition) is 3. The van der Waals surface area contributed by atoms with E-state index in [1.165, 1.54) is 116 Å². The molecule has 0 fully saturated rings. The predicted molar refractivity (Wildman–Crippen MR) is 346 cm³/mol. The lowest BCUT2D eigenvalue weighted by atomic mass is 9.90. The molecule has 0 bridgehead atoms. The van der Waals surface area contributed by atoms with Gasteiger partial charge in [0, 0.05) is 33.0 Å². The normalized spacial score (nSPS) is 13.0. The molecule has 0 heterocycles. The van der Waals surface area contributed by atoms with Crippen LogP contribution in [-0.4, -0.2) is 150 Å². The molecule has 3 N–H and O–H groups in total. The average molecular weight is 1280 g/mol. The highest BCUT2D eigenvalue weighted by Crippen LogP contribution is 2.30. The van der Waals surface area contributed by atoms with Crippen LogP contribution in [0, 0.1) is 16.2 Å². The summed E-state index contributed by atoms with van der Waals surface area (Å²) >= 11 is 0. The molecule has 0 aliphatic heterocycles. The van der Waals surface area contributed by atoms with Gasteiger partial charge in [-0.25, -0.2) is 4.18 Å². The third-order valence-electron chi connectivity index (χ3n) is 15.9. The van der Waals surface area contributed by atoms with Crippen molar-refractivity contribution in [3.8, 4) is 0 Å². The zero-order chi connectivity index (χ0) is 63.0. The van der Waals surface area contributed by atoms with Crippen molar-refractivity contribution in [2.24, 2.45) is 16.2 Å². The van der Waals surface area contributed by atoms with E-state index in [9.17, 15) is 38.9 Å². The molecule has 0 unspecified atom stereocenters. The summed E-state index contributed by atoms with van der Waals surface area (Å²) in [6.45, 7) is 9.86. The summed E-state index contributed by atoms with van der Waals surface area (Å²) in [4.78, 5) is 0. The van der Waals surface area contributed by atoms with E-state index >= 15 is 0 Å². The van der Waals surface area contributed by atoms with E-state index < -0.39 is 65.0 Å². The zero-order valence-electron chi connectivity index (χ0n) is 55.1. The van der Waals surface area contributed by atoms with E-state index in [1.807, 2.05) is 0 Å². The van der Waals surface area contributed by atoms with Crippen LogP contribution in [0.25, 0.3) is 0 Å². The third kappa shape index (κ3) is 55.9. The molecule has 0 aliphatic carbocycles. The standard InChI is InChI=1S/C65H132O17S3/c1-6-11-16-21-26-31-36-41-46-75-51-63(60-82-85(72,73)74,52-80-58-64(61-83(66,67)68,54-76-47-42-37-32-27-22-17-12-7-2)55-77-48-43-38-33-28-23-18-13-8-3)53-81-59-65(62-84(69,70)71,56-78-49-44-39-34-29-24-19-14-9-4)57-79-50-45-40-35-30-25-20-15-10-5/h6-62H2,1-5H3,(H,66,67,68)(H,69,70,71)(H,72,73,74). The molecule has 512 valence electrons. The van der Waals surface area contributed by atoms with Gasteiger partial charge in [0.15, 0.2) is 0 Å². The second-order valence-electron chi connectivity index (χ2n) is 25.3. The minimum Gasteiger partial charge on any atom is -0.381 e. The molecule has 0 amide bonds. The second kappa shape index (κ2) is 56.2. The fourth-order valence-corrected chi connectivity index (χ4v) is 13.3. The van der Waals surface area contributed by atoms with Gasteiger partial charge in [0.05, 0.1) is 93.8 Å². The summed E-state index contributed by atoms with van der Waals surface area (Å²) in [5.74, 6) is -1.49. The Labute approximate surface area is 522 Å². The van der Waals surface area contributed by atoms with Gasteiger partial charge in [-0.15, -0.1) is 0 Å². The molecule has 0 aromatic carbocycles. The van der Waals surface area contributed by atoms with Crippen molar-refractivity contribution in [2.75, 3.05) is 111 Å². The quantitative estimate of drug-likeness (QED) is 0.0379. The van der Waals surface area contributed by atoms with Crippen LogP contribution in [0.4, 0.5) is 0 Å². The molecule has 0 aromatic rings. The number of ether oxygens (including phenoxy) is 7. The van der Waals surface area contributed by atoms with Crippen LogP contribution in [0.2, 0.25) is 0 Å². The van der Waals surface area contributed by atoms with Gasteiger partial charge in [-0.1, -0.05) is 259 Å². The van der Waals surface area contributed by atoms with Crippen LogP contribution in [0.5, 0.6) is 0 Å². The summed E-state index contributed by atoms with van der Waals surface area (Å²) in [5.41, 5.74) is -4.34. The van der Waals surface area contributed by atoms with Crippen LogP contribution < -0.4 is 0 Å². The van der Waals surface area contributed by atoms with Gasteiger partial charge in [0.25, 0.3) is 20.2 Å². The fourth-order valence-electron chi connectivity index (χ4n) is 10.8. The predicted octanol–water partition coefficient (Wildman–Crippen LogP) is 16.4. The lowest BCUT2D eigenvalue weighted by molar-refractivity contribution is -0.129. The Morgan fingerprint density at radius 2 is 0.412 bits per heavy atom. The van der Waals surface area contributed by atoms with Crippen LogP contribution >= 0.6 is 0 Å². The van der Waals surface area contributed by atoms with E-state index in [1.54, 1.807) is 0 Å². The highest BCUT2D eigenvalue weighted by atomic mass is 32.3. The summed E-state index contributed by atoms with van der Waals surface area (Å²) in [6.07, 6.45) is 43.1. The topological polar surface area (TPSA) is 237 Å². The maximum absolute atomic E-state index is 13.0. The van der Waals surface area contributed by atoms with Crippen molar-refractivity contribution in [3.63, 3.8) is 0 Å². The number of unbranched alkanes of at least 4 members (excludes halogenated alkanes) is 35. The fraction of sp³-hybridized carbons (Fsp3) is 1.00. The Balaban J connectivity index is 7.02.